The van der Waals surface area contributed by atoms with Gasteiger partial charge in [-0.05, 0) is 54.4 Å². The predicted octanol–water partition coefficient (Wildman–Crippen LogP) is 3.79. The van der Waals surface area contributed by atoms with E-state index in [1.165, 1.54) is 19.3 Å². The summed E-state index contributed by atoms with van der Waals surface area (Å²) >= 11 is 0. The zero-order valence-electron chi connectivity index (χ0n) is 11.9. The van der Waals surface area contributed by atoms with Crippen LogP contribution in [-0.4, -0.2) is 24.4 Å². The Labute approximate surface area is 101 Å². The van der Waals surface area contributed by atoms with Crippen LogP contribution >= 0.6 is 0 Å². The van der Waals surface area contributed by atoms with E-state index in [0.29, 0.717) is 5.41 Å². The fourth-order valence-corrected chi connectivity index (χ4v) is 1.75. The van der Waals surface area contributed by atoms with Crippen molar-refractivity contribution in [1.82, 2.24) is 0 Å². The van der Waals surface area contributed by atoms with Gasteiger partial charge in [-0.2, -0.15) is 0 Å². The molecule has 0 N–H and O–H groups in total. The summed E-state index contributed by atoms with van der Waals surface area (Å²) in [5.41, 5.74) is 0.217. The number of hydrogen-bond donors (Lipinski definition) is 0. The predicted molar refractivity (Wildman–Crippen MR) is 67.7 cm³/mol. The molecule has 0 saturated heterocycles. The fourth-order valence-electron chi connectivity index (χ4n) is 1.75. The lowest BCUT2D eigenvalue weighted by Crippen LogP contribution is -2.43. The van der Waals surface area contributed by atoms with Crippen LogP contribution in [0.5, 0.6) is 0 Å². The molecule has 1 saturated carbocycles. The standard InChI is InChI=1S/C14H28O2/c1-12(2,3)15-10-14(8-7-9-14)11-16-13(4,5)6/h7-11H2,1-6H3. The summed E-state index contributed by atoms with van der Waals surface area (Å²) in [6.45, 7) is 14.4. The summed E-state index contributed by atoms with van der Waals surface area (Å²) in [5, 5.41) is 0. The van der Waals surface area contributed by atoms with E-state index in [9.17, 15) is 0 Å². The van der Waals surface area contributed by atoms with E-state index in [2.05, 4.69) is 41.5 Å². The Morgan fingerprint density at radius 3 is 1.38 bits per heavy atom. The first-order chi connectivity index (χ1) is 7.12. The third-order valence-corrected chi connectivity index (χ3v) is 3.04. The molecule has 0 heterocycles. The Balaban J connectivity index is 2.39. The van der Waals surface area contributed by atoms with Crippen LogP contribution in [0, 0.1) is 5.41 Å². The van der Waals surface area contributed by atoms with Crippen LogP contribution in [0.1, 0.15) is 60.8 Å². The molecular formula is C14H28O2. The van der Waals surface area contributed by atoms with Crippen molar-refractivity contribution in [1.29, 1.82) is 0 Å². The van der Waals surface area contributed by atoms with Crippen molar-refractivity contribution in [2.75, 3.05) is 13.2 Å². The lowest BCUT2D eigenvalue weighted by atomic mass is 9.70. The maximum Gasteiger partial charge on any atom is 0.0598 e. The molecule has 0 aromatic carbocycles. The maximum absolute atomic E-state index is 5.92. The molecule has 0 bridgehead atoms. The quantitative estimate of drug-likeness (QED) is 0.729. The SMILES string of the molecule is CC(C)(C)OCC1(COC(C)(C)C)CCC1. The Hall–Kier alpha value is -0.0800. The Kier molecular flexibility index (Phi) is 4.07. The molecule has 0 amide bonds. The monoisotopic (exact) mass is 228 g/mol. The van der Waals surface area contributed by atoms with Gasteiger partial charge >= 0.3 is 0 Å². The second-order valence-electron chi connectivity index (χ2n) is 7.16. The summed E-state index contributed by atoms with van der Waals surface area (Å²) in [6, 6.07) is 0. The molecule has 16 heavy (non-hydrogen) atoms. The van der Waals surface area contributed by atoms with E-state index in [-0.39, 0.29) is 11.2 Å². The van der Waals surface area contributed by atoms with Crippen molar-refractivity contribution in [2.45, 2.75) is 72.0 Å². The summed E-state index contributed by atoms with van der Waals surface area (Å²) in [5.74, 6) is 0. The Morgan fingerprint density at radius 2 is 1.19 bits per heavy atom. The van der Waals surface area contributed by atoms with Crippen molar-refractivity contribution in [2.24, 2.45) is 5.41 Å². The minimum atomic E-state index is -0.0374. The second-order valence-corrected chi connectivity index (χ2v) is 7.16. The Morgan fingerprint density at radius 1 is 0.812 bits per heavy atom. The number of rotatable bonds is 4. The van der Waals surface area contributed by atoms with Crippen molar-refractivity contribution in [3.63, 3.8) is 0 Å². The zero-order valence-corrected chi connectivity index (χ0v) is 11.9. The van der Waals surface area contributed by atoms with E-state index >= 15 is 0 Å². The molecule has 1 aliphatic carbocycles. The highest BCUT2D eigenvalue weighted by Gasteiger charge is 2.39. The van der Waals surface area contributed by atoms with Gasteiger partial charge in [-0.25, -0.2) is 0 Å². The molecule has 0 aromatic rings. The number of hydrogen-bond acceptors (Lipinski definition) is 2. The topological polar surface area (TPSA) is 18.5 Å². The van der Waals surface area contributed by atoms with Crippen LogP contribution in [-0.2, 0) is 9.47 Å². The van der Waals surface area contributed by atoms with E-state index in [4.69, 9.17) is 9.47 Å². The molecule has 1 aliphatic rings. The molecule has 0 spiro atoms. The van der Waals surface area contributed by atoms with E-state index in [1.54, 1.807) is 0 Å². The maximum atomic E-state index is 5.92. The minimum absolute atomic E-state index is 0.0374. The van der Waals surface area contributed by atoms with Gasteiger partial charge in [-0.15, -0.1) is 0 Å². The molecule has 2 heteroatoms. The van der Waals surface area contributed by atoms with Crippen molar-refractivity contribution >= 4 is 0 Å². The van der Waals surface area contributed by atoms with Crippen molar-refractivity contribution in [3.8, 4) is 0 Å². The summed E-state index contributed by atoms with van der Waals surface area (Å²) in [7, 11) is 0. The molecule has 0 aromatic heterocycles. The summed E-state index contributed by atoms with van der Waals surface area (Å²) in [6.07, 6.45) is 3.82. The highest BCUT2D eigenvalue weighted by molar-refractivity contribution is 4.89. The van der Waals surface area contributed by atoms with Gasteiger partial charge < -0.3 is 9.47 Å². The molecule has 0 aliphatic heterocycles. The summed E-state index contributed by atoms with van der Waals surface area (Å²) < 4.78 is 11.8. The van der Waals surface area contributed by atoms with Crippen molar-refractivity contribution < 1.29 is 9.47 Å². The highest BCUT2D eigenvalue weighted by atomic mass is 16.5. The average Bonchev–Trinajstić information content (AvgIpc) is 1.97. The van der Waals surface area contributed by atoms with Crippen LogP contribution in [0.25, 0.3) is 0 Å². The zero-order chi connectivity index (χ0) is 12.4. The average molecular weight is 228 g/mol. The molecule has 0 unspecified atom stereocenters. The van der Waals surface area contributed by atoms with Crippen LogP contribution < -0.4 is 0 Å². The highest BCUT2D eigenvalue weighted by Crippen LogP contribution is 2.42. The van der Waals surface area contributed by atoms with Crippen LogP contribution in [0.15, 0.2) is 0 Å². The van der Waals surface area contributed by atoms with Crippen LogP contribution in [0.4, 0.5) is 0 Å². The van der Waals surface area contributed by atoms with Crippen LogP contribution in [0.3, 0.4) is 0 Å². The molecule has 0 radical (unpaired) electrons. The smallest absolute Gasteiger partial charge is 0.0598 e. The first kappa shape index (κ1) is 14.0. The normalized spacial score (nSPS) is 20.6. The van der Waals surface area contributed by atoms with Gasteiger partial charge in [0, 0.05) is 5.41 Å². The van der Waals surface area contributed by atoms with Gasteiger partial charge in [0.1, 0.15) is 0 Å². The summed E-state index contributed by atoms with van der Waals surface area (Å²) in [4.78, 5) is 0. The van der Waals surface area contributed by atoms with Gasteiger partial charge in [0.05, 0.1) is 24.4 Å². The third-order valence-electron chi connectivity index (χ3n) is 3.04. The molecule has 96 valence electrons. The first-order valence-electron chi connectivity index (χ1n) is 6.40. The van der Waals surface area contributed by atoms with Gasteiger partial charge in [-0.3, -0.25) is 0 Å². The first-order valence-corrected chi connectivity index (χ1v) is 6.40. The number of ether oxygens (including phenoxy) is 2. The van der Waals surface area contributed by atoms with E-state index in [0.717, 1.165) is 13.2 Å². The van der Waals surface area contributed by atoms with E-state index < -0.39 is 0 Å². The molecule has 1 fully saturated rings. The fraction of sp³-hybridized carbons (Fsp3) is 1.00. The van der Waals surface area contributed by atoms with Gasteiger partial charge in [0.25, 0.3) is 0 Å². The second kappa shape index (κ2) is 4.66. The van der Waals surface area contributed by atoms with Crippen molar-refractivity contribution in [3.05, 3.63) is 0 Å². The lowest BCUT2D eigenvalue weighted by Gasteiger charge is -2.44. The van der Waals surface area contributed by atoms with Gasteiger partial charge in [0.2, 0.25) is 0 Å². The Bertz CT molecular complexity index is 196. The van der Waals surface area contributed by atoms with Gasteiger partial charge in [0.15, 0.2) is 0 Å². The van der Waals surface area contributed by atoms with Crippen LogP contribution in [0.2, 0.25) is 0 Å². The lowest BCUT2D eigenvalue weighted by molar-refractivity contribution is -0.134. The largest absolute Gasteiger partial charge is 0.375 e. The van der Waals surface area contributed by atoms with Gasteiger partial charge in [-0.1, -0.05) is 6.42 Å². The minimum Gasteiger partial charge on any atom is -0.375 e. The molecule has 0 atom stereocenters. The third kappa shape index (κ3) is 4.84. The van der Waals surface area contributed by atoms with E-state index in [1.807, 2.05) is 0 Å². The molecule has 2 nitrogen and oxygen atoms in total. The molecule has 1 rings (SSSR count). The molecular weight excluding hydrogens is 200 g/mol.